The number of likely N-dealkylation sites (tertiary alicyclic amines) is 1. The van der Waals surface area contributed by atoms with Crippen LogP contribution in [-0.2, 0) is 9.53 Å². The number of aliphatic hydroxyl groups is 1. The van der Waals surface area contributed by atoms with Crippen molar-refractivity contribution in [1.29, 1.82) is 0 Å². The van der Waals surface area contributed by atoms with Crippen molar-refractivity contribution in [2.45, 2.75) is 59.5 Å². The lowest BCUT2D eigenvalue weighted by molar-refractivity contribution is -0.146. The van der Waals surface area contributed by atoms with Crippen molar-refractivity contribution < 1.29 is 14.6 Å². The third kappa shape index (κ3) is 5.30. The molecule has 1 N–H and O–H groups in total. The average Bonchev–Trinajstić information content (AvgIpc) is 2.84. The van der Waals surface area contributed by atoms with Crippen LogP contribution in [0.1, 0.15) is 53.4 Å². The predicted molar refractivity (Wildman–Crippen MR) is 101 cm³/mol. The fraction of sp³-hybridized carbons (Fsp3) is 0.857. The van der Waals surface area contributed by atoms with Crippen LogP contribution in [0.25, 0.3) is 0 Å². The number of aliphatic hydroxyl groups excluding tert-OH is 1. The molecule has 25 heavy (non-hydrogen) atoms. The lowest BCUT2D eigenvalue weighted by atomic mass is 9.79. The van der Waals surface area contributed by atoms with Gasteiger partial charge in [-0.1, -0.05) is 26.8 Å². The predicted octanol–water partition coefficient (Wildman–Crippen LogP) is 3.50. The molecule has 4 nitrogen and oxygen atoms in total. The summed E-state index contributed by atoms with van der Waals surface area (Å²) in [6.07, 6.45) is 5.78. The van der Waals surface area contributed by atoms with E-state index in [2.05, 4.69) is 32.7 Å². The molecule has 1 aliphatic heterocycles. The molecule has 144 valence electrons. The molecule has 1 saturated heterocycles. The normalized spacial score (nSPS) is 34.6. The van der Waals surface area contributed by atoms with E-state index in [1.54, 1.807) is 0 Å². The van der Waals surface area contributed by atoms with Crippen LogP contribution in [0.5, 0.6) is 0 Å². The minimum atomic E-state index is -0.147. The summed E-state index contributed by atoms with van der Waals surface area (Å²) in [7, 11) is 2.20. The molecule has 2 rings (SSSR count). The van der Waals surface area contributed by atoms with Gasteiger partial charge < -0.3 is 14.7 Å². The van der Waals surface area contributed by atoms with Crippen LogP contribution >= 0.6 is 0 Å². The monoisotopic (exact) mass is 351 g/mol. The van der Waals surface area contributed by atoms with E-state index in [1.165, 1.54) is 0 Å². The Morgan fingerprint density at radius 1 is 1.28 bits per heavy atom. The zero-order valence-electron chi connectivity index (χ0n) is 16.7. The van der Waals surface area contributed by atoms with E-state index in [0.29, 0.717) is 29.6 Å². The van der Waals surface area contributed by atoms with Crippen molar-refractivity contribution >= 4 is 5.97 Å². The molecule has 0 amide bonds. The Balaban J connectivity index is 1.85. The van der Waals surface area contributed by atoms with Gasteiger partial charge in [0.2, 0.25) is 0 Å². The Bertz CT molecular complexity index is 476. The van der Waals surface area contributed by atoms with E-state index in [9.17, 15) is 4.79 Å². The number of fused-ring (bicyclic) bond motifs is 1. The second kappa shape index (κ2) is 9.18. The number of carbonyl (C=O) groups is 1. The van der Waals surface area contributed by atoms with E-state index in [0.717, 1.165) is 44.3 Å². The maximum atomic E-state index is 12.5. The van der Waals surface area contributed by atoms with Gasteiger partial charge >= 0.3 is 5.97 Å². The number of hydrogen-bond acceptors (Lipinski definition) is 4. The second-order valence-corrected chi connectivity index (χ2v) is 8.65. The lowest BCUT2D eigenvalue weighted by Crippen LogP contribution is -2.42. The molecule has 0 aromatic rings. The Kier molecular flexibility index (Phi) is 7.51. The maximum Gasteiger partial charge on any atom is 0.333 e. The Hall–Kier alpha value is -0.870. The SMILES string of the molecule is C/C(=C\CCC(C)CCO)C(=O)O[C@@H]1C[C@@H]2[C@@H](CN(C)C[C@@H]2C)[C@@H]1C. The van der Waals surface area contributed by atoms with Crippen molar-refractivity contribution in [3.8, 4) is 0 Å². The first-order valence-electron chi connectivity index (χ1n) is 10.0. The molecule has 0 radical (unpaired) electrons. The summed E-state index contributed by atoms with van der Waals surface area (Å²) in [6, 6.07) is 0. The van der Waals surface area contributed by atoms with Crippen LogP contribution < -0.4 is 0 Å². The second-order valence-electron chi connectivity index (χ2n) is 8.65. The zero-order chi connectivity index (χ0) is 18.6. The number of carbonyl (C=O) groups excluding carboxylic acids is 1. The molecular weight excluding hydrogens is 314 g/mol. The number of esters is 1. The van der Waals surface area contributed by atoms with E-state index in [4.69, 9.17) is 9.84 Å². The van der Waals surface area contributed by atoms with Gasteiger partial charge in [0, 0.05) is 25.3 Å². The molecule has 1 unspecified atom stereocenters. The fourth-order valence-electron chi connectivity index (χ4n) is 4.76. The number of allylic oxidation sites excluding steroid dienone is 1. The highest BCUT2D eigenvalue weighted by Crippen LogP contribution is 2.45. The van der Waals surface area contributed by atoms with Gasteiger partial charge in [0.1, 0.15) is 6.10 Å². The highest BCUT2D eigenvalue weighted by atomic mass is 16.5. The van der Waals surface area contributed by atoms with Gasteiger partial charge in [0.15, 0.2) is 0 Å². The van der Waals surface area contributed by atoms with Crippen molar-refractivity contribution in [3.63, 3.8) is 0 Å². The van der Waals surface area contributed by atoms with Gasteiger partial charge in [-0.05, 0) is 69.2 Å². The smallest absolute Gasteiger partial charge is 0.333 e. The molecular formula is C21H37NO3. The molecule has 6 atom stereocenters. The van der Waals surface area contributed by atoms with Crippen LogP contribution in [0, 0.1) is 29.6 Å². The van der Waals surface area contributed by atoms with Gasteiger partial charge in [0.25, 0.3) is 0 Å². The molecule has 0 spiro atoms. The van der Waals surface area contributed by atoms with Gasteiger partial charge in [-0.2, -0.15) is 0 Å². The number of ether oxygens (including phenoxy) is 1. The lowest BCUT2D eigenvalue weighted by Gasteiger charge is -2.38. The Morgan fingerprint density at radius 2 is 2.00 bits per heavy atom. The molecule has 2 aliphatic rings. The Labute approximate surface area is 153 Å². The minimum absolute atomic E-state index is 0.0631. The van der Waals surface area contributed by atoms with Gasteiger partial charge in [-0.25, -0.2) is 4.79 Å². The molecule has 4 heteroatoms. The molecule has 1 aliphatic carbocycles. The van der Waals surface area contributed by atoms with Gasteiger partial charge in [-0.15, -0.1) is 0 Å². The summed E-state index contributed by atoms with van der Waals surface area (Å²) in [5.41, 5.74) is 0.725. The number of rotatable bonds is 7. The minimum Gasteiger partial charge on any atom is -0.459 e. The van der Waals surface area contributed by atoms with Crippen molar-refractivity contribution in [1.82, 2.24) is 4.90 Å². The summed E-state index contributed by atoms with van der Waals surface area (Å²) in [6.45, 7) is 11.1. The third-order valence-electron chi connectivity index (χ3n) is 6.48. The van der Waals surface area contributed by atoms with Crippen molar-refractivity contribution in [2.75, 3.05) is 26.7 Å². The van der Waals surface area contributed by atoms with Crippen molar-refractivity contribution in [3.05, 3.63) is 11.6 Å². The summed E-state index contributed by atoms with van der Waals surface area (Å²) in [5.74, 6) is 2.80. The number of hydrogen-bond donors (Lipinski definition) is 1. The van der Waals surface area contributed by atoms with Crippen molar-refractivity contribution in [2.24, 2.45) is 29.6 Å². The Morgan fingerprint density at radius 3 is 2.68 bits per heavy atom. The zero-order valence-corrected chi connectivity index (χ0v) is 16.7. The van der Waals surface area contributed by atoms with E-state index < -0.39 is 0 Å². The largest absolute Gasteiger partial charge is 0.459 e. The summed E-state index contributed by atoms with van der Waals surface area (Å²) < 4.78 is 5.90. The molecule has 0 aromatic carbocycles. The maximum absolute atomic E-state index is 12.5. The molecule has 0 bridgehead atoms. The summed E-state index contributed by atoms with van der Waals surface area (Å²) >= 11 is 0. The molecule has 2 fully saturated rings. The fourth-order valence-corrected chi connectivity index (χ4v) is 4.76. The van der Waals surface area contributed by atoms with E-state index in [-0.39, 0.29) is 18.7 Å². The van der Waals surface area contributed by atoms with Crippen LogP contribution in [0.3, 0.4) is 0 Å². The first-order valence-corrected chi connectivity index (χ1v) is 10.0. The van der Waals surface area contributed by atoms with E-state index >= 15 is 0 Å². The molecule has 1 heterocycles. The van der Waals surface area contributed by atoms with Crippen LogP contribution in [0.15, 0.2) is 11.6 Å². The average molecular weight is 352 g/mol. The highest BCUT2D eigenvalue weighted by molar-refractivity contribution is 5.87. The van der Waals surface area contributed by atoms with Gasteiger partial charge in [-0.3, -0.25) is 0 Å². The number of piperidine rings is 1. The third-order valence-corrected chi connectivity index (χ3v) is 6.48. The topological polar surface area (TPSA) is 49.8 Å². The quantitative estimate of drug-likeness (QED) is 0.563. The van der Waals surface area contributed by atoms with Crippen LogP contribution in [0.2, 0.25) is 0 Å². The first-order chi connectivity index (χ1) is 11.8. The summed E-state index contributed by atoms with van der Waals surface area (Å²) in [4.78, 5) is 14.9. The first kappa shape index (κ1) is 20.4. The standard InChI is InChI=1S/C21H37NO3/c1-14(9-10-23)7-6-8-15(2)21(24)25-20-11-18-16(3)12-22(5)13-19(18)17(20)4/h8,14,16-20,23H,6-7,9-13H2,1-5H3/b15-8+/t14?,16-,17-,18-,19-,20+/m0/s1. The van der Waals surface area contributed by atoms with Gasteiger partial charge in [0.05, 0.1) is 0 Å². The summed E-state index contributed by atoms with van der Waals surface area (Å²) in [5, 5.41) is 8.95. The van der Waals surface area contributed by atoms with E-state index in [1.807, 2.05) is 13.0 Å². The number of nitrogens with zero attached hydrogens (tertiary/aromatic N) is 1. The molecule has 1 saturated carbocycles. The highest BCUT2D eigenvalue weighted by Gasteiger charge is 2.47. The van der Waals surface area contributed by atoms with Crippen LogP contribution in [0.4, 0.5) is 0 Å². The van der Waals surface area contributed by atoms with Crippen LogP contribution in [-0.4, -0.2) is 48.8 Å². The molecule has 0 aromatic heterocycles.